The molecule has 0 saturated carbocycles. The van der Waals surface area contributed by atoms with E-state index in [1.807, 2.05) is 32.9 Å². The fourth-order valence-electron chi connectivity index (χ4n) is 1.54. The van der Waals surface area contributed by atoms with E-state index in [9.17, 15) is 0 Å². The van der Waals surface area contributed by atoms with E-state index in [1.54, 1.807) is 6.07 Å². The number of hydrogen-bond donors (Lipinski definition) is 1. The molecule has 0 fully saturated rings. The van der Waals surface area contributed by atoms with Gasteiger partial charge in [0.05, 0.1) is 10.0 Å². The Labute approximate surface area is 132 Å². The summed E-state index contributed by atoms with van der Waals surface area (Å²) in [6, 6.07) is 5.50. The van der Waals surface area contributed by atoms with Gasteiger partial charge in [-0.3, -0.25) is 0 Å². The molecule has 2 rings (SSSR count). The molecule has 0 spiro atoms. The van der Waals surface area contributed by atoms with Gasteiger partial charge in [-0.1, -0.05) is 48.8 Å². The molecule has 0 aliphatic rings. The zero-order valence-corrected chi connectivity index (χ0v) is 13.8. The first-order valence-corrected chi connectivity index (χ1v) is 7.72. The minimum atomic E-state index is 0.228. The number of anilines is 1. The third kappa shape index (κ3) is 3.37. The highest BCUT2D eigenvalue weighted by molar-refractivity contribution is 7.99. The highest BCUT2D eigenvalue weighted by Gasteiger charge is 2.13. The lowest BCUT2D eigenvalue weighted by atomic mass is 10.2. The summed E-state index contributed by atoms with van der Waals surface area (Å²) in [5, 5.41) is 1.91. The minimum absolute atomic E-state index is 0.228. The topological polar surface area (TPSA) is 51.8 Å². The fourth-order valence-corrected chi connectivity index (χ4v) is 2.83. The summed E-state index contributed by atoms with van der Waals surface area (Å²) in [7, 11) is 0. The normalized spacial score (nSPS) is 11.1. The summed E-state index contributed by atoms with van der Waals surface area (Å²) < 4.78 is 0. The third-order valence-electron chi connectivity index (χ3n) is 2.78. The fraction of sp³-hybridized carbons (Fsp3) is 0.286. The summed E-state index contributed by atoms with van der Waals surface area (Å²) in [4.78, 5) is 9.86. The van der Waals surface area contributed by atoms with E-state index in [2.05, 4.69) is 9.97 Å². The van der Waals surface area contributed by atoms with Crippen LogP contribution in [0.1, 0.15) is 31.2 Å². The SMILES string of the molecule is Cc1c(N)nc(C(C)C)nc1Sc1ccc(Cl)c(Cl)c1. The Hall–Kier alpha value is -0.970. The van der Waals surface area contributed by atoms with Crippen LogP contribution in [-0.2, 0) is 0 Å². The van der Waals surface area contributed by atoms with Crippen LogP contribution in [0.25, 0.3) is 0 Å². The maximum Gasteiger partial charge on any atom is 0.134 e. The van der Waals surface area contributed by atoms with Crippen molar-refractivity contribution in [2.45, 2.75) is 36.6 Å². The standard InChI is InChI=1S/C14H15Cl2N3S/c1-7(2)13-18-12(17)8(3)14(19-13)20-9-4-5-10(15)11(16)6-9/h4-7H,1-3H3,(H2,17,18,19). The van der Waals surface area contributed by atoms with Crippen molar-refractivity contribution in [3.05, 3.63) is 39.6 Å². The van der Waals surface area contributed by atoms with E-state index in [0.717, 1.165) is 21.3 Å². The predicted octanol–water partition coefficient (Wildman–Crippen LogP) is 4.95. The van der Waals surface area contributed by atoms with Gasteiger partial charge in [-0.2, -0.15) is 0 Å². The van der Waals surface area contributed by atoms with Crippen molar-refractivity contribution >= 4 is 40.8 Å². The van der Waals surface area contributed by atoms with E-state index in [-0.39, 0.29) is 5.92 Å². The van der Waals surface area contributed by atoms with Gasteiger partial charge in [0.1, 0.15) is 16.7 Å². The largest absolute Gasteiger partial charge is 0.383 e. The van der Waals surface area contributed by atoms with Crippen molar-refractivity contribution in [1.82, 2.24) is 9.97 Å². The van der Waals surface area contributed by atoms with Crippen molar-refractivity contribution in [1.29, 1.82) is 0 Å². The zero-order chi connectivity index (χ0) is 14.9. The van der Waals surface area contributed by atoms with Gasteiger partial charge in [-0.25, -0.2) is 9.97 Å². The van der Waals surface area contributed by atoms with Crippen LogP contribution < -0.4 is 5.73 Å². The van der Waals surface area contributed by atoms with Crippen molar-refractivity contribution in [3.8, 4) is 0 Å². The average molecular weight is 328 g/mol. The van der Waals surface area contributed by atoms with E-state index in [1.165, 1.54) is 11.8 Å². The molecule has 20 heavy (non-hydrogen) atoms. The molecule has 0 bridgehead atoms. The van der Waals surface area contributed by atoms with Gasteiger partial charge in [0, 0.05) is 16.4 Å². The average Bonchev–Trinajstić information content (AvgIpc) is 2.38. The quantitative estimate of drug-likeness (QED) is 0.810. The monoisotopic (exact) mass is 327 g/mol. The number of nitrogens with zero attached hydrogens (tertiary/aromatic N) is 2. The van der Waals surface area contributed by atoms with Gasteiger partial charge >= 0.3 is 0 Å². The van der Waals surface area contributed by atoms with Crippen LogP contribution in [0.3, 0.4) is 0 Å². The maximum atomic E-state index is 6.03. The molecule has 0 aliphatic heterocycles. The number of nitrogens with two attached hydrogens (primary N) is 1. The number of rotatable bonds is 3. The number of nitrogen functional groups attached to an aromatic ring is 1. The van der Waals surface area contributed by atoms with Crippen molar-refractivity contribution in [3.63, 3.8) is 0 Å². The summed E-state index contributed by atoms with van der Waals surface area (Å²) in [6.07, 6.45) is 0. The third-order valence-corrected chi connectivity index (χ3v) is 4.60. The molecule has 2 N–H and O–H groups in total. The van der Waals surface area contributed by atoms with Gasteiger partial charge in [-0.15, -0.1) is 0 Å². The van der Waals surface area contributed by atoms with Crippen LogP contribution in [0.5, 0.6) is 0 Å². The second-order valence-electron chi connectivity index (χ2n) is 4.73. The van der Waals surface area contributed by atoms with Gasteiger partial charge in [0.2, 0.25) is 0 Å². The van der Waals surface area contributed by atoms with E-state index >= 15 is 0 Å². The molecule has 3 nitrogen and oxygen atoms in total. The van der Waals surface area contributed by atoms with E-state index in [0.29, 0.717) is 15.9 Å². The molecule has 1 heterocycles. The molecule has 6 heteroatoms. The molecule has 1 aromatic carbocycles. The Morgan fingerprint density at radius 1 is 1.15 bits per heavy atom. The summed E-state index contributed by atoms with van der Waals surface area (Å²) in [6.45, 7) is 5.99. The first-order chi connectivity index (χ1) is 9.38. The number of hydrogen-bond acceptors (Lipinski definition) is 4. The highest BCUT2D eigenvalue weighted by Crippen LogP contribution is 2.34. The van der Waals surface area contributed by atoms with Crippen LogP contribution >= 0.6 is 35.0 Å². The van der Waals surface area contributed by atoms with Gasteiger partial charge < -0.3 is 5.73 Å². The second-order valence-corrected chi connectivity index (χ2v) is 6.61. The van der Waals surface area contributed by atoms with Crippen LogP contribution in [0.2, 0.25) is 10.0 Å². The molecule has 1 aromatic heterocycles. The molecule has 106 valence electrons. The molecule has 0 aliphatic carbocycles. The Balaban J connectivity index is 2.39. The molecule has 0 atom stereocenters. The molecule has 0 unspecified atom stereocenters. The lowest BCUT2D eigenvalue weighted by molar-refractivity contribution is 0.751. The maximum absolute atomic E-state index is 6.03. The first kappa shape index (κ1) is 15.4. The number of aromatic nitrogens is 2. The van der Waals surface area contributed by atoms with Crippen molar-refractivity contribution in [2.75, 3.05) is 5.73 Å². The second kappa shape index (κ2) is 6.20. The van der Waals surface area contributed by atoms with Gasteiger partial charge in [0.25, 0.3) is 0 Å². The highest BCUT2D eigenvalue weighted by atomic mass is 35.5. The van der Waals surface area contributed by atoms with Crippen LogP contribution in [0, 0.1) is 6.92 Å². The Morgan fingerprint density at radius 2 is 1.85 bits per heavy atom. The first-order valence-electron chi connectivity index (χ1n) is 6.15. The summed E-state index contributed by atoms with van der Waals surface area (Å²) in [5.41, 5.74) is 6.84. The Kier molecular flexibility index (Phi) is 4.78. The summed E-state index contributed by atoms with van der Waals surface area (Å²) in [5.74, 6) is 1.49. The number of benzene rings is 1. The molecule has 0 amide bonds. The molecular weight excluding hydrogens is 313 g/mol. The van der Waals surface area contributed by atoms with Crippen molar-refractivity contribution in [2.24, 2.45) is 0 Å². The van der Waals surface area contributed by atoms with E-state index < -0.39 is 0 Å². The Bertz CT molecular complexity index is 645. The number of halogens is 2. The Morgan fingerprint density at radius 3 is 2.45 bits per heavy atom. The van der Waals surface area contributed by atoms with Crippen LogP contribution in [0.15, 0.2) is 28.1 Å². The minimum Gasteiger partial charge on any atom is -0.383 e. The van der Waals surface area contributed by atoms with Crippen LogP contribution in [0.4, 0.5) is 5.82 Å². The molecule has 0 radical (unpaired) electrons. The summed E-state index contributed by atoms with van der Waals surface area (Å²) >= 11 is 13.5. The molecular formula is C14H15Cl2N3S. The molecule has 0 saturated heterocycles. The van der Waals surface area contributed by atoms with Crippen molar-refractivity contribution < 1.29 is 0 Å². The smallest absolute Gasteiger partial charge is 0.134 e. The molecule has 2 aromatic rings. The zero-order valence-electron chi connectivity index (χ0n) is 11.4. The lowest BCUT2D eigenvalue weighted by Crippen LogP contribution is -2.05. The van der Waals surface area contributed by atoms with E-state index in [4.69, 9.17) is 28.9 Å². The van der Waals surface area contributed by atoms with Crippen LogP contribution in [-0.4, -0.2) is 9.97 Å². The predicted molar refractivity (Wildman–Crippen MR) is 85.9 cm³/mol. The van der Waals surface area contributed by atoms with Gasteiger partial charge in [0.15, 0.2) is 0 Å². The van der Waals surface area contributed by atoms with Gasteiger partial charge in [-0.05, 0) is 25.1 Å². The lowest BCUT2D eigenvalue weighted by Gasteiger charge is -2.11.